The van der Waals surface area contributed by atoms with Gasteiger partial charge in [-0.05, 0) is 49.1 Å². The van der Waals surface area contributed by atoms with Crippen molar-refractivity contribution >= 4 is 22.8 Å². The van der Waals surface area contributed by atoms with Crippen molar-refractivity contribution in [3.8, 4) is 0 Å². The van der Waals surface area contributed by atoms with Gasteiger partial charge in [-0.2, -0.15) is 0 Å². The number of amides is 1. The van der Waals surface area contributed by atoms with Crippen LogP contribution in [0.15, 0.2) is 48.5 Å². The van der Waals surface area contributed by atoms with Crippen molar-refractivity contribution in [3.05, 3.63) is 54.1 Å². The number of fused-ring (bicyclic) bond motifs is 1. The summed E-state index contributed by atoms with van der Waals surface area (Å²) in [6, 6.07) is 14.8. The summed E-state index contributed by atoms with van der Waals surface area (Å²) in [5, 5.41) is 2.38. The standard InChI is InChI=1S/C24H30N2O2/c1-18-15-25(16-19(2)28-18)17-22-10-6-14-26(22)24(27)13-12-21-9-5-8-20-7-3-4-11-23(20)21/h3-5,7-9,11-13,18-19,22H,6,10,14-17H2,1-2H3. The van der Waals surface area contributed by atoms with Gasteiger partial charge >= 0.3 is 0 Å². The summed E-state index contributed by atoms with van der Waals surface area (Å²) >= 11 is 0. The molecule has 2 fully saturated rings. The maximum absolute atomic E-state index is 12.9. The molecule has 0 spiro atoms. The Kier molecular flexibility index (Phi) is 5.79. The van der Waals surface area contributed by atoms with Crippen LogP contribution in [0.5, 0.6) is 0 Å². The Morgan fingerprint density at radius 3 is 2.68 bits per heavy atom. The summed E-state index contributed by atoms with van der Waals surface area (Å²) in [6.07, 6.45) is 6.44. The molecule has 0 N–H and O–H groups in total. The molecule has 4 heteroatoms. The molecule has 2 heterocycles. The van der Waals surface area contributed by atoms with Crippen LogP contribution in [0.4, 0.5) is 0 Å². The van der Waals surface area contributed by atoms with E-state index in [0.29, 0.717) is 6.04 Å². The molecule has 4 rings (SSSR count). The van der Waals surface area contributed by atoms with Gasteiger partial charge in [0.15, 0.2) is 0 Å². The lowest BCUT2D eigenvalue weighted by Crippen LogP contribution is -2.50. The average Bonchev–Trinajstić information content (AvgIpc) is 3.13. The summed E-state index contributed by atoms with van der Waals surface area (Å²) in [6.45, 7) is 7.98. The first-order valence-electron chi connectivity index (χ1n) is 10.4. The van der Waals surface area contributed by atoms with Gasteiger partial charge in [-0.1, -0.05) is 42.5 Å². The van der Waals surface area contributed by atoms with Gasteiger partial charge < -0.3 is 9.64 Å². The third-order valence-corrected chi connectivity index (χ3v) is 5.85. The topological polar surface area (TPSA) is 32.8 Å². The monoisotopic (exact) mass is 378 g/mol. The van der Waals surface area contributed by atoms with Crippen LogP contribution in [0.25, 0.3) is 16.8 Å². The number of benzene rings is 2. The number of hydrogen-bond acceptors (Lipinski definition) is 3. The minimum atomic E-state index is 0.129. The number of rotatable bonds is 4. The summed E-state index contributed by atoms with van der Waals surface area (Å²) in [5.74, 6) is 0.129. The molecular weight excluding hydrogens is 348 g/mol. The average molecular weight is 379 g/mol. The number of carbonyl (C=O) groups is 1. The highest BCUT2D eigenvalue weighted by Crippen LogP contribution is 2.23. The number of nitrogens with zero attached hydrogens (tertiary/aromatic N) is 2. The summed E-state index contributed by atoms with van der Waals surface area (Å²) in [4.78, 5) is 17.5. The Morgan fingerprint density at radius 2 is 1.86 bits per heavy atom. The molecule has 2 aromatic carbocycles. The van der Waals surface area contributed by atoms with Crippen molar-refractivity contribution in [3.63, 3.8) is 0 Å². The molecule has 28 heavy (non-hydrogen) atoms. The number of likely N-dealkylation sites (tertiary alicyclic amines) is 1. The van der Waals surface area contributed by atoms with Gasteiger partial charge in [-0.3, -0.25) is 9.69 Å². The molecule has 2 aromatic rings. The second kappa shape index (κ2) is 8.46. The molecule has 148 valence electrons. The van der Waals surface area contributed by atoms with E-state index in [1.54, 1.807) is 6.08 Å². The van der Waals surface area contributed by atoms with E-state index in [-0.39, 0.29) is 18.1 Å². The highest BCUT2D eigenvalue weighted by molar-refractivity contribution is 5.96. The van der Waals surface area contributed by atoms with Crippen LogP contribution in [0.3, 0.4) is 0 Å². The van der Waals surface area contributed by atoms with Crippen molar-refractivity contribution in [2.24, 2.45) is 0 Å². The fourth-order valence-electron chi connectivity index (χ4n) is 4.70. The van der Waals surface area contributed by atoms with Gasteiger partial charge in [-0.15, -0.1) is 0 Å². The predicted molar refractivity (Wildman–Crippen MR) is 114 cm³/mol. The van der Waals surface area contributed by atoms with Crippen LogP contribution in [0.1, 0.15) is 32.3 Å². The minimum Gasteiger partial charge on any atom is -0.373 e. The maximum atomic E-state index is 12.9. The molecule has 0 radical (unpaired) electrons. The van der Waals surface area contributed by atoms with E-state index in [2.05, 4.69) is 47.9 Å². The molecular formula is C24H30N2O2. The van der Waals surface area contributed by atoms with Crippen molar-refractivity contribution < 1.29 is 9.53 Å². The lowest BCUT2D eigenvalue weighted by atomic mass is 10.0. The molecule has 0 aliphatic carbocycles. The minimum absolute atomic E-state index is 0.129. The third-order valence-electron chi connectivity index (χ3n) is 5.85. The van der Waals surface area contributed by atoms with Crippen molar-refractivity contribution in [1.29, 1.82) is 0 Å². The molecule has 0 saturated carbocycles. The Labute approximate surface area is 167 Å². The van der Waals surface area contributed by atoms with Gasteiger partial charge in [0.05, 0.1) is 12.2 Å². The molecule has 0 bridgehead atoms. The zero-order valence-corrected chi connectivity index (χ0v) is 16.9. The Balaban J connectivity index is 1.44. The number of hydrogen-bond donors (Lipinski definition) is 0. The molecule has 2 aliphatic heterocycles. The van der Waals surface area contributed by atoms with Gasteiger partial charge in [0.1, 0.15) is 0 Å². The first-order chi connectivity index (χ1) is 13.6. The SMILES string of the molecule is CC1CN(CC2CCCN2C(=O)C=Cc2cccc3ccccc23)CC(C)O1. The molecule has 0 aromatic heterocycles. The maximum Gasteiger partial charge on any atom is 0.246 e. The smallest absolute Gasteiger partial charge is 0.246 e. The molecule has 4 nitrogen and oxygen atoms in total. The zero-order valence-electron chi connectivity index (χ0n) is 16.9. The molecule has 1 amide bonds. The second-order valence-corrected chi connectivity index (χ2v) is 8.21. The Hall–Kier alpha value is -2.17. The number of morpholine rings is 1. The van der Waals surface area contributed by atoms with Crippen LogP contribution in [0.2, 0.25) is 0 Å². The third kappa shape index (κ3) is 4.29. The first-order valence-corrected chi connectivity index (χ1v) is 10.4. The van der Waals surface area contributed by atoms with E-state index in [9.17, 15) is 4.79 Å². The second-order valence-electron chi connectivity index (χ2n) is 8.21. The van der Waals surface area contributed by atoms with Gasteiger partial charge in [0, 0.05) is 38.3 Å². The van der Waals surface area contributed by atoms with Crippen LogP contribution in [-0.2, 0) is 9.53 Å². The normalized spacial score (nSPS) is 26.4. The quantitative estimate of drug-likeness (QED) is 0.755. The Morgan fingerprint density at radius 1 is 1.11 bits per heavy atom. The van der Waals surface area contributed by atoms with E-state index in [1.807, 2.05) is 24.3 Å². The van der Waals surface area contributed by atoms with E-state index < -0.39 is 0 Å². The van der Waals surface area contributed by atoms with Crippen LogP contribution in [0, 0.1) is 0 Å². The van der Waals surface area contributed by atoms with Crippen LogP contribution in [-0.4, -0.2) is 60.1 Å². The highest BCUT2D eigenvalue weighted by atomic mass is 16.5. The van der Waals surface area contributed by atoms with Crippen molar-refractivity contribution in [2.45, 2.75) is 44.9 Å². The number of ether oxygens (including phenoxy) is 1. The Bertz CT molecular complexity index is 847. The van der Waals surface area contributed by atoms with Gasteiger partial charge in [0.25, 0.3) is 0 Å². The van der Waals surface area contributed by atoms with Crippen LogP contribution >= 0.6 is 0 Å². The zero-order chi connectivity index (χ0) is 19.5. The lowest BCUT2D eigenvalue weighted by Gasteiger charge is -2.38. The van der Waals surface area contributed by atoms with Crippen molar-refractivity contribution in [1.82, 2.24) is 9.80 Å². The van der Waals surface area contributed by atoms with Crippen molar-refractivity contribution in [2.75, 3.05) is 26.2 Å². The lowest BCUT2D eigenvalue weighted by molar-refractivity contribution is -0.127. The largest absolute Gasteiger partial charge is 0.373 e. The fourth-order valence-corrected chi connectivity index (χ4v) is 4.70. The fraction of sp³-hybridized carbons (Fsp3) is 0.458. The van der Waals surface area contributed by atoms with Gasteiger partial charge in [-0.25, -0.2) is 0 Å². The highest BCUT2D eigenvalue weighted by Gasteiger charge is 2.31. The molecule has 2 saturated heterocycles. The number of carbonyl (C=O) groups excluding carboxylic acids is 1. The van der Waals surface area contributed by atoms with E-state index >= 15 is 0 Å². The first kappa shape index (κ1) is 19.2. The predicted octanol–water partition coefficient (Wildman–Crippen LogP) is 3.95. The molecule has 3 unspecified atom stereocenters. The molecule has 2 aliphatic rings. The van der Waals surface area contributed by atoms with E-state index in [4.69, 9.17) is 4.74 Å². The van der Waals surface area contributed by atoms with Crippen LogP contribution < -0.4 is 0 Å². The summed E-state index contributed by atoms with van der Waals surface area (Å²) in [7, 11) is 0. The molecule has 3 atom stereocenters. The van der Waals surface area contributed by atoms with Gasteiger partial charge in [0.2, 0.25) is 5.91 Å². The van der Waals surface area contributed by atoms with E-state index in [0.717, 1.165) is 44.6 Å². The summed E-state index contributed by atoms with van der Waals surface area (Å²) in [5.41, 5.74) is 1.10. The summed E-state index contributed by atoms with van der Waals surface area (Å²) < 4.78 is 5.84. The van der Waals surface area contributed by atoms with E-state index in [1.165, 1.54) is 10.8 Å².